The van der Waals surface area contributed by atoms with Gasteiger partial charge in [0, 0.05) is 24.6 Å². The van der Waals surface area contributed by atoms with Gasteiger partial charge in [0.2, 0.25) is 6.10 Å². The van der Waals surface area contributed by atoms with Crippen LogP contribution < -0.4 is 0 Å². The van der Waals surface area contributed by atoms with Crippen molar-refractivity contribution in [2.24, 2.45) is 16.0 Å². The molecule has 1 saturated heterocycles. The first-order valence-corrected chi connectivity index (χ1v) is 9.05. The Morgan fingerprint density at radius 1 is 1.28 bits per heavy atom. The van der Waals surface area contributed by atoms with Gasteiger partial charge in [-0.2, -0.15) is 0 Å². The third-order valence-corrected chi connectivity index (χ3v) is 5.83. The van der Waals surface area contributed by atoms with Gasteiger partial charge in [-0.25, -0.2) is 4.39 Å². The van der Waals surface area contributed by atoms with Crippen molar-refractivity contribution >= 4 is 11.6 Å². The van der Waals surface area contributed by atoms with Crippen LogP contribution in [0.1, 0.15) is 52.0 Å². The number of hydrogen-bond donors (Lipinski definition) is 0. The number of carbonyl (C=O) groups is 1. The molecular weight excluding hydrogens is 319 g/mol. The van der Waals surface area contributed by atoms with Crippen molar-refractivity contribution < 1.29 is 14.0 Å². The van der Waals surface area contributed by atoms with Crippen molar-refractivity contribution in [2.45, 2.75) is 58.6 Å². The number of halogens is 1. The summed E-state index contributed by atoms with van der Waals surface area (Å²) in [7, 11) is 0. The van der Waals surface area contributed by atoms with Crippen LogP contribution in [0.3, 0.4) is 0 Å². The highest BCUT2D eigenvalue weighted by Crippen LogP contribution is 2.52. The molecule has 4 nitrogen and oxygen atoms in total. The summed E-state index contributed by atoms with van der Waals surface area (Å²) in [4.78, 5) is 20.5. The van der Waals surface area contributed by atoms with Crippen molar-refractivity contribution in [3.63, 3.8) is 0 Å². The lowest BCUT2D eigenvalue weighted by molar-refractivity contribution is -0.143. The molecule has 2 fully saturated rings. The van der Waals surface area contributed by atoms with Gasteiger partial charge in [0.25, 0.3) is 5.91 Å². The van der Waals surface area contributed by atoms with Crippen LogP contribution in [0.4, 0.5) is 4.39 Å². The number of amides is 1. The molecule has 2 aliphatic heterocycles. The lowest BCUT2D eigenvalue weighted by atomic mass is 9.65. The number of nitrogens with zero attached hydrogens (tertiary/aromatic N) is 2. The Morgan fingerprint density at radius 2 is 2.04 bits per heavy atom. The Hall–Kier alpha value is -1.91. The number of hydrogen-bond acceptors (Lipinski definition) is 3. The van der Waals surface area contributed by atoms with E-state index in [1.807, 2.05) is 4.90 Å². The van der Waals surface area contributed by atoms with Gasteiger partial charge in [0.05, 0.1) is 5.71 Å². The third kappa shape index (κ3) is 2.94. The van der Waals surface area contributed by atoms with E-state index in [1.54, 1.807) is 18.2 Å². The van der Waals surface area contributed by atoms with E-state index in [9.17, 15) is 9.18 Å². The van der Waals surface area contributed by atoms with Crippen molar-refractivity contribution in [1.82, 2.24) is 4.90 Å². The minimum absolute atomic E-state index is 0.00140. The molecule has 1 amide bonds. The maximum absolute atomic E-state index is 14.0. The maximum Gasteiger partial charge on any atom is 0.267 e. The van der Waals surface area contributed by atoms with Crippen molar-refractivity contribution in [1.29, 1.82) is 0 Å². The van der Waals surface area contributed by atoms with Crippen molar-refractivity contribution in [2.75, 3.05) is 6.54 Å². The number of benzene rings is 1. The summed E-state index contributed by atoms with van der Waals surface area (Å²) in [6, 6.07) is 6.77. The topological polar surface area (TPSA) is 41.9 Å². The van der Waals surface area contributed by atoms with Crippen LogP contribution in [0.5, 0.6) is 0 Å². The summed E-state index contributed by atoms with van der Waals surface area (Å²) in [5.74, 6) is -0.328. The fourth-order valence-corrected chi connectivity index (χ4v) is 5.27. The summed E-state index contributed by atoms with van der Waals surface area (Å²) in [6.07, 6.45) is 2.95. The number of oxime groups is 1. The average Bonchev–Trinajstić information content (AvgIpc) is 3.09. The molecule has 1 aliphatic carbocycles. The molecular formula is C20H25FN2O2. The second-order valence-electron chi connectivity index (χ2n) is 9.00. The van der Waals surface area contributed by atoms with Gasteiger partial charge in [0.1, 0.15) is 5.82 Å². The van der Waals surface area contributed by atoms with E-state index >= 15 is 0 Å². The lowest BCUT2D eigenvalue weighted by Crippen LogP contribution is -2.43. The zero-order chi connectivity index (χ0) is 17.8. The van der Waals surface area contributed by atoms with Gasteiger partial charge in [0.15, 0.2) is 0 Å². The molecule has 0 aromatic heterocycles. The molecule has 2 heterocycles. The van der Waals surface area contributed by atoms with Crippen LogP contribution in [-0.2, 0) is 9.63 Å². The Morgan fingerprint density at radius 3 is 2.80 bits per heavy atom. The Balaban J connectivity index is 1.48. The molecule has 0 N–H and O–H groups in total. The van der Waals surface area contributed by atoms with Crippen LogP contribution in [0.2, 0.25) is 0 Å². The summed E-state index contributed by atoms with van der Waals surface area (Å²) >= 11 is 0. The van der Waals surface area contributed by atoms with Crippen LogP contribution in [0.15, 0.2) is 29.4 Å². The molecule has 3 unspecified atom stereocenters. The van der Waals surface area contributed by atoms with Crippen LogP contribution >= 0.6 is 0 Å². The second-order valence-corrected chi connectivity index (χ2v) is 9.00. The zero-order valence-corrected chi connectivity index (χ0v) is 15.1. The quantitative estimate of drug-likeness (QED) is 0.820. The van der Waals surface area contributed by atoms with Crippen LogP contribution in [0.25, 0.3) is 0 Å². The van der Waals surface area contributed by atoms with Gasteiger partial charge in [-0.3, -0.25) is 4.79 Å². The smallest absolute Gasteiger partial charge is 0.267 e. The van der Waals surface area contributed by atoms with E-state index in [0.29, 0.717) is 17.7 Å². The fraction of sp³-hybridized carbons (Fsp3) is 0.600. The molecule has 1 aromatic rings. The predicted octanol–water partition coefficient (Wildman–Crippen LogP) is 3.75. The van der Waals surface area contributed by atoms with Crippen molar-refractivity contribution in [3.8, 4) is 0 Å². The number of likely N-dealkylation sites (tertiary alicyclic amines) is 1. The molecule has 5 heteroatoms. The normalized spacial score (nSPS) is 33.1. The van der Waals surface area contributed by atoms with Crippen LogP contribution in [-0.4, -0.2) is 35.2 Å². The van der Waals surface area contributed by atoms with Gasteiger partial charge in [-0.15, -0.1) is 0 Å². The summed E-state index contributed by atoms with van der Waals surface area (Å²) in [5.41, 5.74) is 1.39. The van der Waals surface area contributed by atoms with E-state index in [-0.39, 0.29) is 28.6 Å². The first-order valence-electron chi connectivity index (χ1n) is 9.05. The van der Waals surface area contributed by atoms with Gasteiger partial charge < -0.3 is 9.74 Å². The Kier molecular flexibility index (Phi) is 3.67. The Labute approximate surface area is 148 Å². The summed E-state index contributed by atoms with van der Waals surface area (Å²) in [5, 5.41) is 4.00. The van der Waals surface area contributed by atoms with Gasteiger partial charge >= 0.3 is 0 Å². The van der Waals surface area contributed by atoms with Gasteiger partial charge in [-0.05, 0) is 36.2 Å². The SMILES string of the molecule is CC1(C)CC2CC(C)(CN2C(=O)C2CC(c3ccccc3F)=NO2)C1. The highest BCUT2D eigenvalue weighted by atomic mass is 19.1. The third-order valence-electron chi connectivity index (χ3n) is 5.83. The molecule has 4 rings (SSSR count). The highest BCUT2D eigenvalue weighted by molar-refractivity contribution is 6.04. The standard InChI is InChI=1S/C20H25FN2O2/c1-19(2)9-13-10-20(3,11-19)12-23(13)18(24)17-8-16(22-25-17)14-6-4-5-7-15(14)21/h4-7,13,17H,8-12H2,1-3H3. The van der Waals surface area contributed by atoms with E-state index in [4.69, 9.17) is 4.84 Å². The summed E-state index contributed by atoms with van der Waals surface area (Å²) < 4.78 is 14.0. The first-order chi connectivity index (χ1) is 11.8. The Bertz CT molecular complexity index is 745. The molecule has 3 aliphatic rings. The van der Waals surface area contributed by atoms with E-state index in [0.717, 1.165) is 25.8 Å². The largest absolute Gasteiger partial charge is 0.382 e. The lowest BCUT2D eigenvalue weighted by Gasteiger charge is -2.39. The molecule has 0 radical (unpaired) electrons. The zero-order valence-electron chi connectivity index (χ0n) is 15.1. The molecule has 1 saturated carbocycles. The first kappa shape index (κ1) is 16.6. The predicted molar refractivity (Wildman–Crippen MR) is 93.7 cm³/mol. The summed E-state index contributed by atoms with van der Waals surface area (Å²) in [6.45, 7) is 7.65. The maximum atomic E-state index is 14.0. The number of carbonyl (C=O) groups excluding carboxylic acids is 1. The molecule has 0 spiro atoms. The molecule has 134 valence electrons. The van der Waals surface area contributed by atoms with Gasteiger partial charge in [-0.1, -0.05) is 44.1 Å². The number of rotatable bonds is 2. The highest BCUT2D eigenvalue weighted by Gasteiger charge is 2.52. The molecule has 1 aromatic carbocycles. The van der Waals surface area contributed by atoms with Crippen molar-refractivity contribution in [3.05, 3.63) is 35.6 Å². The van der Waals surface area contributed by atoms with E-state index in [1.165, 1.54) is 6.07 Å². The number of fused-ring (bicyclic) bond motifs is 2. The molecule has 25 heavy (non-hydrogen) atoms. The fourth-order valence-electron chi connectivity index (χ4n) is 5.27. The minimum atomic E-state index is -0.624. The monoisotopic (exact) mass is 344 g/mol. The van der Waals surface area contributed by atoms with E-state index in [2.05, 4.69) is 25.9 Å². The second kappa shape index (κ2) is 5.55. The average molecular weight is 344 g/mol. The van der Waals surface area contributed by atoms with E-state index < -0.39 is 6.10 Å². The minimum Gasteiger partial charge on any atom is -0.382 e. The van der Waals surface area contributed by atoms with Crippen LogP contribution in [0, 0.1) is 16.6 Å². The molecule has 3 atom stereocenters. The molecule has 2 bridgehead atoms.